The smallest absolute Gasteiger partial charge is 0.101 e. The summed E-state index contributed by atoms with van der Waals surface area (Å²) in [5.74, 6) is 0. The Bertz CT molecular complexity index is 605. The van der Waals surface area contributed by atoms with E-state index in [1.807, 2.05) is 18.2 Å². The molecular formula is C13H9Br2N3. The van der Waals surface area contributed by atoms with E-state index in [-0.39, 0.29) is 0 Å². The van der Waals surface area contributed by atoms with Crippen molar-refractivity contribution >= 4 is 37.5 Å². The van der Waals surface area contributed by atoms with Gasteiger partial charge in [-0.3, -0.25) is 4.98 Å². The zero-order valence-corrected chi connectivity index (χ0v) is 12.5. The van der Waals surface area contributed by atoms with Crippen LogP contribution in [0.2, 0.25) is 0 Å². The zero-order valence-electron chi connectivity index (χ0n) is 9.32. The van der Waals surface area contributed by atoms with Gasteiger partial charge in [-0.15, -0.1) is 0 Å². The highest BCUT2D eigenvalue weighted by molar-refractivity contribution is 9.10. The van der Waals surface area contributed by atoms with E-state index in [0.717, 1.165) is 20.2 Å². The summed E-state index contributed by atoms with van der Waals surface area (Å²) in [5.41, 5.74) is 2.49. The van der Waals surface area contributed by atoms with Crippen molar-refractivity contribution in [2.75, 3.05) is 5.32 Å². The molecule has 0 radical (unpaired) electrons. The first kappa shape index (κ1) is 13.1. The molecule has 0 bridgehead atoms. The van der Waals surface area contributed by atoms with E-state index >= 15 is 0 Å². The van der Waals surface area contributed by atoms with Crippen LogP contribution in [0.3, 0.4) is 0 Å². The van der Waals surface area contributed by atoms with Crippen LogP contribution in [0.4, 0.5) is 5.69 Å². The molecule has 0 fully saturated rings. The molecule has 1 aromatic carbocycles. The highest BCUT2D eigenvalue weighted by atomic mass is 79.9. The van der Waals surface area contributed by atoms with Gasteiger partial charge in [0.25, 0.3) is 0 Å². The fraction of sp³-hybridized carbons (Fsp3) is 0.0769. The maximum Gasteiger partial charge on any atom is 0.101 e. The molecule has 0 spiro atoms. The van der Waals surface area contributed by atoms with Crippen LogP contribution in [0.25, 0.3) is 0 Å². The van der Waals surface area contributed by atoms with Crippen molar-refractivity contribution in [3.05, 3.63) is 56.7 Å². The van der Waals surface area contributed by atoms with Crippen molar-refractivity contribution < 1.29 is 0 Å². The normalized spacial score (nSPS) is 9.83. The number of pyridine rings is 1. The van der Waals surface area contributed by atoms with E-state index in [1.165, 1.54) is 0 Å². The first-order valence-electron chi connectivity index (χ1n) is 5.22. The van der Waals surface area contributed by atoms with Gasteiger partial charge in [0.2, 0.25) is 0 Å². The second kappa shape index (κ2) is 5.98. The molecule has 0 saturated carbocycles. The Kier molecular flexibility index (Phi) is 4.34. The zero-order chi connectivity index (χ0) is 13.0. The minimum atomic E-state index is 0.623. The van der Waals surface area contributed by atoms with E-state index in [0.29, 0.717) is 12.1 Å². The Hall–Kier alpha value is -1.38. The molecule has 0 unspecified atom stereocenters. The largest absolute Gasteiger partial charge is 0.380 e. The minimum Gasteiger partial charge on any atom is -0.380 e. The van der Waals surface area contributed by atoms with Crippen LogP contribution in [0, 0.1) is 11.3 Å². The molecule has 1 aromatic heterocycles. The lowest BCUT2D eigenvalue weighted by Gasteiger charge is -2.08. The molecule has 1 heterocycles. The molecule has 2 rings (SSSR count). The van der Waals surface area contributed by atoms with Gasteiger partial charge in [-0.25, -0.2) is 0 Å². The summed E-state index contributed by atoms with van der Waals surface area (Å²) in [7, 11) is 0. The van der Waals surface area contributed by atoms with Crippen LogP contribution in [0.15, 0.2) is 45.6 Å². The third-order valence-electron chi connectivity index (χ3n) is 2.35. The van der Waals surface area contributed by atoms with Crippen molar-refractivity contribution in [3.63, 3.8) is 0 Å². The average molecular weight is 367 g/mol. The molecule has 0 saturated heterocycles. The molecule has 1 N–H and O–H groups in total. The summed E-state index contributed by atoms with van der Waals surface area (Å²) in [6, 6.07) is 9.68. The number of hydrogen-bond donors (Lipinski definition) is 1. The maximum atomic E-state index is 9.03. The van der Waals surface area contributed by atoms with Crippen LogP contribution in [-0.2, 0) is 6.54 Å². The quantitative estimate of drug-likeness (QED) is 0.889. The summed E-state index contributed by atoms with van der Waals surface area (Å²) < 4.78 is 1.88. The van der Waals surface area contributed by atoms with Crippen LogP contribution in [0.1, 0.15) is 11.1 Å². The van der Waals surface area contributed by atoms with Gasteiger partial charge < -0.3 is 5.32 Å². The number of nitrogens with zero attached hydrogens (tertiary/aromatic N) is 2. The predicted octanol–water partition coefficient (Wildman–Crippen LogP) is 4.09. The molecule has 0 aliphatic rings. The Morgan fingerprint density at radius 2 is 2.00 bits per heavy atom. The number of benzene rings is 1. The third kappa shape index (κ3) is 3.31. The Morgan fingerprint density at radius 3 is 2.72 bits per heavy atom. The fourth-order valence-electron chi connectivity index (χ4n) is 1.51. The summed E-state index contributed by atoms with van der Waals surface area (Å²) in [6.45, 7) is 0.623. The van der Waals surface area contributed by atoms with E-state index < -0.39 is 0 Å². The number of hydrogen-bond acceptors (Lipinski definition) is 3. The predicted molar refractivity (Wildman–Crippen MR) is 78.1 cm³/mol. The highest BCUT2D eigenvalue weighted by Gasteiger charge is 2.03. The molecule has 0 amide bonds. The van der Waals surface area contributed by atoms with Crippen LogP contribution in [0.5, 0.6) is 0 Å². The summed E-state index contributed by atoms with van der Waals surface area (Å²) in [6.07, 6.45) is 3.53. The van der Waals surface area contributed by atoms with Crippen molar-refractivity contribution in [3.8, 4) is 6.07 Å². The molecule has 18 heavy (non-hydrogen) atoms. The number of anilines is 1. The highest BCUT2D eigenvalue weighted by Crippen LogP contribution is 2.21. The van der Waals surface area contributed by atoms with Gasteiger partial charge in [0, 0.05) is 27.9 Å². The van der Waals surface area contributed by atoms with Gasteiger partial charge in [-0.1, -0.05) is 15.9 Å². The van der Waals surface area contributed by atoms with Gasteiger partial charge in [-0.05, 0) is 45.8 Å². The third-order valence-corrected chi connectivity index (χ3v) is 3.27. The van der Waals surface area contributed by atoms with Gasteiger partial charge in [0.05, 0.1) is 11.3 Å². The molecule has 0 aliphatic carbocycles. The van der Waals surface area contributed by atoms with E-state index in [2.05, 4.69) is 48.2 Å². The lowest BCUT2D eigenvalue weighted by Crippen LogP contribution is -2.01. The second-order valence-electron chi connectivity index (χ2n) is 3.67. The first-order valence-corrected chi connectivity index (χ1v) is 6.80. The molecule has 5 heteroatoms. The van der Waals surface area contributed by atoms with Crippen molar-refractivity contribution in [2.24, 2.45) is 0 Å². The number of nitrogens with one attached hydrogen (secondary N) is 1. The summed E-state index contributed by atoms with van der Waals surface area (Å²) >= 11 is 6.77. The van der Waals surface area contributed by atoms with Crippen LogP contribution < -0.4 is 5.32 Å². The molecule has 3 nitrogen and oxygen atoms in total. The van der Waals surface area contributed by atoms with E-state index in [1.54, 1.807) is 18.5 Å². The molecule has 2 aromatic rings. The molecule has 90 valence electrons. The maximum absolute atomic E-state index is 9.03. The molecular weight excluding hydrogens is 358 g/mol. The molecule has 0 aliphatic heterocycles. The van der Waals surface area contributed by atoms with Crippen molar-refractivity contribution in [2.45, 2.75) is 6.54 Å². The number of nitriles is 1. The van der Waals surface area contributed by atoms with Crippen molar-refractivity contribution in [1.82, 2.24) is 4.98 Å². The van der Waals surface area contributed by atoms with E-state index in [9.17, 15) is 0 Å². The minimum absolute atomic E-state index is 0.623. The van der Waals surface area contributed by atoms with Gasteiger partial charge >= 0.3 is 0 Å². The lowest BCUT2D eigenvalue weighted by atomic mass is 10.2. The van der Waals surface area contributed by atoms with Gasteiger partial charge in [-0.2, -0.15) is 5.26 Å². The Morgan fingerprint density at radius 1 is 1.17 bits per heavy atom. The number of aromatic nitrogens is 1. The summed E-state index contributed by atoms with van der Waals surface area (Å²) in [4.78, 5) is 4.10. The fourth-order valence-corrected chi connectivity index (χ4v) is 2.28. The lowest BCUT2D eigenvalue weighted by molar-refractivity contribution is 1.10. The topological polar surface area (TPSA) is 48.7 Å². The average Bonchev–Trinajstić information content (AvgIpc) is 2.37. The Balaban J connectivity index is 2.15. The second-order valence-corrected chi connectivity index (χ2v) is 5.50. The number of halogens is 2. The first-order chi connectivity index (χ1) is 8.69. The standard InChI is InChI=1S/C13H9Br2N3/c14-11-2-1-10(5-16)13(4-11)18-7-9-3-12(15)8-17-6-9/h1-4,6,8,18H,7H2. The van der Waals surface area contributed by atoms with Gasteiger partial charge in [0.15, 0.2) is 0 Å². The Labute approximate surface area is 122 Å². The van der Waals surface area contributed by atoms with Crippen molar-refractivity contribution in [1.29, 1.82) is 5.26 Å². The van der Waals surface area contributed by atoms with Gasteiger partial charge in [0.1, 0.15) is 6.07 Å². The molecule has 0 atom stereocenters. The number of rotatable bonds is 3. The van der Waals surface area contributed by atoms with E-state index in [4.69, 9.17) is 5.26 Å². The van der Waals surface area contributed by atoms with Crippen LogP contribution in [-0.4, -0.2) is 4.98 Å². The summed E-state index contributed by atoms with van der Waals surface area (Å²) in [5, 5.41) is 12.3. The van der Waals surface area contributed by atoms with Crippen LogP contribution >= 0.6 is 31.9 Å². The SMILES string of the molecule is N#Cc1ccc(Br)cc1NCc1cncc(Br)c1. The monoisotopic (exact) mass is 365 g/mol.